The fourth-order valence-corrected chi connectivity index (χ4v) is 3.77. The molecule has 2 heterocycles. The molecular formula is C19H31N3O2S. The van der Waals surface area contributed by atoms with Gasteiger partial charge in [0.25, 0.3) is 0 Å². The van der Waals surface area contributed by atoms with Crippen LogP contribution >= 0.6 is 12.2 Å². The number of nitrogens with zero attached hydrogens (tertiary/aromatic N) is 2. The van der Waals surface area contributed by atoms with Crippen molar-refractivity contribution in [1.82, 2.24) is 14.8 Å². The molecule has 1 aliphatic heterocycles. The summed E-state index contributed by atoms with van der Waals surface area (Å²) in [5.41, 5.74) is 1.34. The molecule has 1 aliphatic rings. The van der Waals surface area contributed by atoms with Crippen molar-refractivity contribution in [2.75, 3.05) is 20.2 Å². The van der Waals surface area contributed by atoms with Gasteiger partial charge in [-0.15, -0.1) is 0 Å². The molecule has 25 heavy (non-hydrogen) atoms. The largest absolute Gasteiger partial charge is 0.469 e. The zero-order chi connectivity index (χ0) is 18.1. The molecule has 1 saturated heterocycles. The molecule has 0 bridgehead atoms. The van der Waals surface area contributed by atoms with Gasteiger partial charge in [0.15, 0.2) is 5.11 Å². The molecule has 140 valence electrons. The lowest BCUT2D eigenvalue weighted by Gasteiger charge is -2.33. The van der Waals surface area contributed by atoms with E-state index in [1.165, 1.54) is 32.1 Å². The number of nitrogens with one attached hydrogen (secondary N) is 1. The van der Waals surface area contributed by atoms with Crippen LogP contribution in [0.25, 0.3) is 0 Å². The lowest BCUT2D eigenvalue weighted by atomic mass is 10.1. The van der Waals surface area contributed by atoms with Crippen LogP contribution in [-0.2, 0) is 16.6 Å². The minimum absolute atomic E-state index is 0.126. The quantitative estimate of drug-likeness (QED) is 0.455. The van der Waals surface area contributed by atoms with Crippen LogP contribution in [0.4, 0.5) is 0 Å². The summed E-state index contributed by atoms with van der Waals surface area (Å²) in [6, 6.07) is 4.68. The number of aryl methyl sites for hydroxylation is 1. The van der Waals surface area contributed by atoms with Crippen molar-refractivity contribution in [2.45, 2.75) is 57.4 Å². The molecule has 1 atom stereocenters. The Kier molecular flexibility index (Phi) is 8.25. The van der Waals surface area contributed by atoms with Crippen molar-refractivity contribution in [3.63, 3.8) is 0 Å². The van der Waals surface area contributed by atoms with Crippen molar-refractivity contribution in [3.05, 3.63) is 24.0 Å². The van der Waals surface area contributed by atoms with Crippen LogP contribution in [0.2, 0.25) is 0 Å². The van der Waals surface area contributed by atoms with Gasteiger partial charge in [-0.25, -0.2) is 0 Å². The Bertz CT molecular complexity index is 559. The van der Waals surface area contributed by atoms with Crippen molar-refractivity contribution >= 4 is 23.3 Å². The molecule has 0 spiro atoms. The van der Waals surface area contributed by atoms with E-state index < -0.39 is 0 Å². The molecule has 0 saturated carbocycles. The van der Waals surface area contributed by atoms with E-state index >= 15 is 0 Å². The standard InChI is InChI=1S/C19H31N3O2S/c1-21-14-9-11-16(21)17-10-5-4-8-15-22(17)19(25)20-13-7-3-6-12-18(23)24-2/h9,11,14,17H,3-8,10,12-13,15H2,1-2H3,(H,20,25)/t17-/m0/s1. The van der Waals surface area contributed by atoms with Crippen molar-refractivity contribution in [3.8, 4) is 0 Å². The molecule has 2 rings (SSSR count). The summed E-state index contributed by atoms with van der Waals surface area (Å²) in [7, 11) is 3.54. The second-order valence-corrected chi connectivity index (χ2v) is 7.11. The van der Waals surface area contributed by atoms with E-state index in [1.54, 1.807) is 0 Å². The summed E-state index contributed by atoms with van der Waals surface area (Å²) in [4.78, 5) is 13.5. The number of carbonyl (C=O) groups is 1. The van der Waals surface area contributed by atoms with E-state index in [0.29, 0.717) is 12.5 Å². The molecular weight excluding hydrogens is 334 g/mol. The van der Waals surface area contributed by atoms with Gasteiger partial charge in [-0.05, 0) is 50.0 Å². The van der Waals surface area contributed by atoms with Crippen LogP contribution in [0.15, 0.2) is 18.3 Å². The number of rotatable bonds is 7. The van der Waals surface area contributed by atoms with E-state index in [0.717, 1.165) is 43.9 Å². The molecule has 0 aromatic carbocycles. The van der Waals surface area contributed by atoms with Crippen molar-refractivity contribution in [1.29, 1.82) is 0 Å². The molecule has 6 heteroatoms. The van der Waals surface area contributed by atoms with Crippen LogP contribution in [0.1, 0.15) is 63.1 Å². The lowest BCUT2D eigenvalue weighted by molar-refractivity contribution is -0.140. The Morgan fingerprint density at radius 1 is 1.32 bits per heavy atom. The van der Waals surface area contributed by atoms with E-state index in [-0.39, 0.29) is 5.97 Å². The first kappa shape index (κ1) is 19.8. The molecule has 0 unspecified atom stereocenters. The molecule has 1 fully saturated rings. The Labute approximate surface area is 156 Å². The van der Waals surface area contributed by atoms with E-state index in [1.807, 2.05) is 0 Å². The average molecular weight is 366 g/mol. The number of methoxy groups -OCH3 is 1. The molecule has 0 radical (unpaired) electrons. The Hall–Kier alpha value is -1.56. The third-order valence-electron chi connectivity index (χ3n) is 4.90. The number of likely N-dealkylation sites (tertiary alicyclic amines) is 1. The minimum atomic E-state index is -0.126. The summed E-state index contributed by atoms with van der Waals surface area (Å²) in [5.74, 6) is -0.126. The predicted molar refractivity (Wildman–Crippen MR) is 104 cm³/mol. The van der Waals surface area contributed by atoms with E-state index in [2.05, 4.69) is 44.9 Å². The second kappa shape index (κ2) is 10.4. The maximum Gasteiger partial charge on any atom is 0.305 e. The van der Waals surface area contributed by atoms with Crippen LogP contribution in [-0.4, -0.2) is 40.7 Å². The topological polar surface area (TPSA) is 46.5 Å². The highest BCUT2D eigenvalue weighted by atomic mass is 32.1. The number of hydrogen-bond acceptors (Lipinski definition) is 3. The molecule has 1 N–H and O–H groups in total. The van der Waals surface area contributed by atoms with Gasteiger partial charge in [0, 0.05) is 38.4 Å². The van der Waals surface area contributed by atoms with Gasteiger partial charge in [0.1, 0.15) is 0 Å². The molecule has 0 aliphatic carbocycles. The molecule has 0 amide bonds. The van der Waals surface area contributed by atoms with Crippen molar-refractivity contribution < 1.29 is 9.53 Å². The van der Waals surface area contributed by atoms with Gasteiger partial charge in [-0.3, -0.25) is 4.79 Å². The number of unbranched alkanes of at least 4 members (excludes halogenated alkanes) is 2. The summed E-state index contributed by atoms with van der Waals surface area (Å²) in [6.07, 6.45) is 10.4. The van der Waals surface area contributed by atoms with Crippen LogP contribution in [0.3, 0.4) is 0 Å². The zero-order valence-corrected chi connectivity index (χ0v) is 16.3. The smallest absolute Gasteiger partial charge is 0.305 e. The third kappa shape index (κ3) is 6.03. The highest BCUT2D eigenvalue weighted by molar-refractivity contribution is 7.80. The number of hydrogen-bond donors (Lipinski definition) is 1. The fourth-order valence-electron chi connectivity index (χ4n) is 3.45. The normalized spacial score (nSPS) is 17.8. The number of ether oxygens (including phenoxy) is 1. The lowest BCUT2D eigenvalue weighted by Crippen LogP contribution is -2.42. The Balaban J connectivity index is 1.81. The molecule has 1 aromatic heterocycles. The van der Waals surface area contributed by atoms with Gasteiger partial charge in [0.05, 0.1) is 13.2 Å². The summed E-state index contributed by atoms with van der Waals surface area (Å²) in [6.45, 7) is 1.88. The summed E-state index contributed by atoms with van der Waals surface area (Å²) < 4.78 is 6.87. The monoisotopic (exact) mass is 365 g/mol. The number of thiocarbonyl (C=S) groups is 1. The number of aromatic nitrogens is 1. The average Bonchev–Trinajstić information content (AvgIpc) is 2.89. The molecule has 5 nitrogen and oxygen atoms in total. The van der Waals surface area contributed by atoms with Gasteiger partial charge >= 0.3 is 5.97 Å². The number of carbonyl (C=O) groups excluding carboxylic acids is 1. The third-order valence-corrected chi connectivity index (χ3v) is 5.28. The van der Waals surface area contributed by atoms with E-state index in [4.69, 9.17) is 12.2 Å². The highest BCUT2D eigenvalue weighted by Gasteiger charge is 2.26. The number of esters is 1. The minimum Gasteiger partial charge on any atom is -0.469 e. The molecule has 1 aromatic rings. The van der Waals surface area contributed by atoms with Crippen LogP contribution in [0, 0.1) is 0 Å². The van der Waals surface area contributed by atoms with Crippen LogP contribution < -0.4 is 5.32 Å². The van der Waals surface area contributed by atoms with Crippen LogP contribution in [0.5, 0.6) is 0 Å². The highest BCUT2D eigenvalue weighted by Crippen LogP contribution is 2.30. The van der Waals surface area contributed by atoms with Gasteiger partial charge < -0.3 is 19.5 Å². The fraction of sp³-hybridized carbons (Fsp3) is 0.684. The zero-order valence-electron chi connectivity index (χ0n) is 15.5. The summed E-state index contributed by atoms with van der Waals surface area (Å²) >= 11 is 5.70. The first-order valence-corrected chi connectivity index (χ1v) is 9.77. The SMILES string of the molecule is COC(=O)CCCCCNC(=S)N1CCCCC[C@H]1c1cccn1C. The van der Waals surface area contributed by atoms with E-state index in [9.17, 15) is 4.79 Å². The van der Waals surface area contributed by atoms with Gasteiger partial charge in [-0.1, -0.05) is 19.3 Å². The maximum atomic E-state index is 11.1. The maximum absolute atomic E-state index is 11.1. The predicted octanol–water partition coefficient (Wildman–Crippen LogP) is 3.55. The first-order chi connectivity index (χ1) is 12.1. The Morgan fingerprint density at radius 3 is 2.88 bits per heavy atom. The first-order valence-electron chi connectivity index (χ1n) is 9.36. The van der Waals surface area contributed by atoms with Gasteiger partial charge in [0.2, 0.25) is 0 Å². The second-order valence-electron chi connectivity index (χ2n) is 6.72. The van der Waals surface area contributed by atoms with Crippen molar-refractivity contribution in [2.24, 2.45) is 7.05 Å². The van der Waals surface area contributed by atoms with Gasteiger partial charge in [-0.2, -0.15) is 0 Å². The summed E-state index contributed by atoms with van der Waals surface area (Å²) in [5, 5.41) is 4.29. The Morgan fingerprint density at radius 2 is 2.16 bits per heavy atom.